The molecule has 0 heterocycles. The molecule has 6 N–H and O–H groups in total. The molecule has 6 heteroatoms. The van der Waals surface area contributed by atoms with Crippen LogP contribution >= 0.6 is 0 Å². The number of hydrogen-bond acceptors (Lipinski definition) is 4. The Kier molecular flexibility index (Phi) is 9.78. The first-order valence-corrected chi connectivity index (χ1v) is 4.20. The third kappa shape index (κ3) is 10.1. The summed E-state index contributed by atoms with van der Waals surface area (Å²) in [5.74, 6) is 2.18. The predicted octanol–water partition coefficient (Wildman–Crippen LogP) is -1.16. The van der Waals surface area contributed by atoms with Gasteiger partial charge in [-0.05, 0) is 0 Å². The lowest BCUT2D eigenvalue weighted by molar-refractivity contribution is -0.139. The van der Waals surface area contributed by atoms with Crippen LogP contribution in [-0.4, -0.2) is 34.2 Å². The average Bonchev–Trinajstić information content (AvgIpc) is 2.19. The molecule has 0 aromatic heterocycles. The highest BCUT2D eigenvalue weighted by Crippen LogP contribution is 1.83. The van der Waals surface area contributed by atoms with Crippen molar-refractivity contribution in [2.24, 2.45) is 11.5 Å². The van der Waals surface area contributed by atoms with Gasteiger partial charge in [0.15, 0.2) is 0 Å². The zero-order valence-corrected chi connectivity index (χ0v) is 8.59. The van der Waals surface area contributed by atoms with E-state index in [-0.39, 0.29) is 12.8 Å². The predicted molar refractivity (Wildman–Crippen MR) is 58.1 cm³/mol. The molecule has 6 nitrogen and oxygen atoms in total. The molecule has 0 amide bonds. The minimum absolute atomic E-state index is 0.0926. The standard InChI is InChI=1S/2C5H7NO2/c2*1-2-3-4(6)5(7)8/h2*1,4H,3,6H2,(H,7,8)/t2*4-/m10/s1. The molecule has 0 saturated heterocycles. The van der Waals surface area contributed by atoms with E-state index in [0.29, 0.717) is 0 Å². The highest BCUT2D eigenvalue weighted by molar-refractivity contribution is 5.73. The highest BCUT2D eigenvalue weighted by atomic mass is 16.4. The van der Waals surface area contributed by atoms with E-state index in [1.54, 1.807) is 0 Å². The molecule has 16 heavy (non-hydrogen) atoms. The van der Waals surface area contributed by atoms with E-state index in [4.69, 9.17) is 34.5 Å². The second-order valence-corrected chi connectivity index (χ2v) is 2.71. The van der Waals surface area contributed by atoms with Crippen LogP contribution in [0.25, 0.3) is 0 Å². The molecule has 88 valence electrons. The quantitative estimate of drug-likeness (QED) is 0.448. The lowest BCUT2D eigenvalue weighted by Gasteiger charge is -1.96. The fourth-order valence-corrected chi connectivity index (χ4v) is 0.429. The molecule has 0 spiro atoms. The van der Waals surface area contributed by atoms with Gasteiger partial charge in [0.05, 0.1) is 0 Å². The maximum atomic E-state index is 9.87. The molecule has 0 aromatic carbocycles. The van der Waals surface area contributed by atoms with Crippen molar-refractivity contribution in [1.29, 1.82) is 0 Å². The van der Waals surface area contributed by atoms with Gasteiger partial charge in [0, 0.05) is 12.8 Å². The van der Waals surface area contributed by atoms with E-state index in [1.165, 1.54) is 0 Å². The van der Waals surface area contributed by atoms with Gasteiger partial charge in [-0.1, -0.05) is 0 Å². The lowest BCUT2D eigenvalue weighted by atomic mass is 10.2. The molecular weight excluding hydrogens is 212 g/mol. The maximum Gasteiger partial charge on any atom is 0.321 e. The third-order valence-corrected chi connectivity index (χ3v) is 1.31. The zero-order chi connectivity index (χ0) is 13.1. The van der Waals surface area contributed by atoms with Gasteiger partial charge in [-0.25, -0.2) is 0 Å². The summed E-state index contributed by atoms with van der Waals surface area (Å²) >= 11 is 0. The molecule has 0 aliphatic rings. The Morgan fingerprint density at radius 2 is 1.25 bits per heavy atom. The van der Waals surface area contributed by atoms with E-state index in [1.807, 2.05) is 0 Å². The van der Waals surface area contributed by atoms with Crippen molar-refractivity contribution in [3.63, 3.8) is 0 Å². The monoisotopic (exact) mass is 226 g/mol. The fourth-order valence-electron chi connectivity index (χ4n) is 0.429. The number of rotatable bonds is 4. The van der Waals surface area contributed by atoms with Crippen molar-refractivity contribution in [3.8, 4) is 24.7 Å². The smallest absolute Gasteiger partial charge is 0.321 e. The molecule has 0 unspecified atom stereocenters. The number of carboxylic acids is 2. The number of nitrogens with two attached hydrogens (primary N) is 2. The second-order valence-electron chi connectivity index (χ2n) is 2.71. The van der Waals surface area contributed by atoms with Gasteiger partial charge in [-0.15, -0.1) is 24.7 Å². The summed E-state index contributed by atoms with van der Waals surface area (Å²) in [6.07, 6.45) is 9.73. The van der Waals surface area contributed by atoms with Crippen molar-refractivity contribution in [3.05, 3.63) is 0 Å². The summed E-state index contributed by atoms with van der Waals surface area (Å²) in [4.78, 5) is 19.7. The Balaban J connectivity index is 0. The number of hydrogen-bond donors (Lipinski definition) is 4. The van der Waals surface area contributed by atoms with Crippen LogP contribution in [0.15, 0.2) is 0 Å². The van der Waals surface area contributed by atoms with E-state index >= 15 is 0 Å². The highest BCUT2D eigenvalue weighted by Gasteiger charge is 2.07. The van der Waals surface area contributed by atoms with Crippen LogP contribution in [0.2, 0.25) is 0 Å². The van der Waals surface area contributed by atoms with Crippen LogP contribution in [0.3, 0.4) is 0 Å². The number of carbonyl (C=O) groups is 2. The Bertz CT molecular complexity index is 282. The first-order valence-electron chi connectivity index (χ1n) is 4.20. The fraction of sp³-hybridized carbons (Fsp3) is 0.400. The van der Waals surface area contributed by atoms with Gasteiger partial charge in [-0.3, -0.25) is 9.59 Å². The first kappa shape index (κ1) is 16.4. The lowest BCUT2D eigenvalue weighted by Crippen LogP contribution is -2.29. The Morgan fingerprint density at radius 3 is 1.31 bits per heavy atom. The molecule has 0 aromatic rings. The summed E-state index contributed by atoms with van der Waals surface area (Å²) < 4.78 is 0. The topological polar surface area (TPSA) is 127 Å². The molecule has 0 fully saturated rings. The van der Waals surface area contributed by atoms with Crippen LogP contribution in [0, 0.1) is 24.7 Å². The van der Waals surface area contributed by atoms with E-state index in [0.717, 1.165) is 0 Å². The largest absolute Gasteiger partial charge is 0.480 e. The number of carboxylic acid groups (broad SMARTS) is 2. The normalized spacial score (nSPS) is 12.0. The number of terminal acetylenes is 2. The van der Waals surface area contributed by atoms with Crippen LogP contribution in [-0.2, 0) is 9.59 Å². The van der Waals surface area contributed by atoms with Crippen molar-refractivity contribution in [1.82, 2.24) is 0 Å². The second kappa shape index (κ2) is 9.53. The number of aliphatic carboxylic acids is 2. The van der Waals surface area contributed by atoms with Gasteiger partial charge < -0.3 is 21.7 Å². The molecule has 0 aliphatic carbocycles. The summed E-state index contributed by atoms with van der Waals surface area (Å²) in [5.41, 5.74) is 9.97. The van der Waals surface area contributed by atoms with Crippen LogP contribution in [0.4, 0.5) is 0 Å². The van der Waals surface area contributed by atoms with Crippen LogP contribution in [0.1, 0.15) is 12.8 Å². The van der Waals surface area contributed by atoms with Crippen LogP contribution < -0.4 is 11.5 Å². The van der Waals surface area contributed by atoms with Crippen LogP contribution in [0.5, 0.6) is 0 Å². The third-order valence-electron chi connectivity index (χ3n) is 1.31. The molecule has 0 aliphatic heterocycles. The minimum Gasteiger partial charge on any atom is -0.480 e. The molecular formula is C10H14N2O4. The van der Waals surface area contributed by atoms with E-state index < -0.39 is 24.0 Å². The average molecular weight is 226 g/mol. The first-order chi connectivity index (χ1) is 7.36. The SMILES string of the molecule is C#CC[C@@H](N)C(=O)O.C#CC[C@H](N)C(=O)O. The molecule has 0 bridgehead atoms. The van der Waals surface area contributed by atoms with Gasteiger partial charge in [0.25, 0.3) is 0 Å². The van der Waals surface area contributed by atoms with Crippen molar-refractivity contribution >= 4 is 11.9 Å². The Labute approximate surface area is 93.6 Å². The maximum absolute atomic E-state index is 9.87. The van der Waals surface area contributed by atoms with Crippen molar-refractivity contribution in [2.75, 3.05) is 0 Å². The molecule has 0 rings (SSSR count). The van der Waals surface area contributed by atoms with Crippen molar-refractivity contribution in [2.45, 2.75) is 24.9 Å². The van der Waals surface area contributed by atoms with E-state index in [9.17, 15) is 9.59 Å². The summed E-state index contributed by atoms with van der Waals surface area (Å²) in [6, 6.07) is -1.81. The van der Waals surface area contributed by atoms with E-state index in [2.05, 4.69) is 11.8 Å². The van der Waals surface area contributed by atoms with Crippen molar-refractivity contribution < 1.29 is 19.8 Å². The van der Waals surface area contributed by atoms with Gasteiger partial charge in [-0.2, -0.15) is 0 Å². The molecule has 0 saturated carbocycles. The van der Waals surface area contributed by atoms with Gasteiger partial charge >= 0.3 is 11.9 Å². The summed E-state index contributed by atoms with van der Waals surface area (Å²) in [5, 5.41) is 16.2. The molecule has 2 atom stereocenters. The Hall–Kier alpha value is -2.02. The van der Waals surface area contributed by atoms with Gasteiger partial charge in [0.1, 0.15) is 12.1 Å². The zero-order valence-electron chi connectivity index (χ0n) is 8.59. The minimum atomic E-state index is -1.05. The Morgan fingerprint density at radius 1 is 1.00 bits per heavy atom. The summed E-state index contributed by atoms with van der Waals surface area (Å²) in [6.45, 7) is 0. The molecule has 0 radical (unpaired) electrons. The van der Waals surface area contributed by atoms with Gasteiger partial charge in [0.2, 0.25) is 0 Å². The summed E-state index contributed by atoms with van der Waals surface area (Å²) in [7, 11) is 0.